The van der Waals surface area contributed by atoms with Crippen molar-refractivity contribution in [2.45, 2.75) is 23.9 Å². The van der Waals surface area contributed by atoms with Gasteiger partial charge in [0.15, 0.2) is 0 Å². The molecule has 1 fully saturated rings. The lowest BCUT2D eigenvalue weighted by Crippen LogP contribution is -2.40. The lowest BCUT2D eigenvalue weighted by Gasteiger charge is -2.30. The molecule has 9 heteroatoms. The highest BCUT2D eigenvalue weighted by molar-refractivity contribution is 7.89. The number of benzene rings is 1. The maximum atomic E-state index is 12.8. The molecule has 0 aromatic heterocycles. The van der Waals surface area contributed by atoms with Gasteiger partial charge in [0.2, 0.25) is 10.0 Å². The van der Waals surface area contributed by atoms with Gasteiger partial charge in [0.1, 0.15) is 0 Å². The fourth-order valence-corrected chi connectivity index (χ4v) is 4.05. The number of halogens is 3. The van der Waals surface area contributed by atoms with Crippen molar-refractivity contribution < 1.29 is 21.6 Å². The summed E-state index contributed by atoms with van der Waals surface area (Å²) in [7, 11) is -3.91. The van der Waals surface area contributed by atoms with Crippen molar-refractivity contribution in [3.63, 3.8) is 0 Å². The summed E-state index contributed by atoms with van der Waals surface area (Å²) in [6, 6.07) is 3.73. The molecule has 126 valence electrons. The summed E-state index contributed by atoms with van der Waals surface area (Å²) < 4.78 is 64.6. The van der Waals surface area contributed by atoms with Crippen LogP contribution in [0.1, 0.15) is 24.0 Å². The second-order valence-corrected chi connectivity index (χ2v) is 7.34. The molecule has 2 rings (SSSR count). The molecule has 23 heavy (non-hydrogen) atoms. The van der Waals surface area contributed by atoms with Gasteiger partial charge in [-0.1, -0.05) is 0 Å². The molecule has 0 spiro atoms. The molecule has 0 atom stereocenters. The minimum atomic E-state index is -4.70. The number of sulfonamides is 1. The average Bonchev–Trinajstić information content (AvgIpc) is 2.53. The van der Waals surface area contributed by atoms with Crippen LogP contribution >= 0.6 is 0 Å². The van der Waals surface area contributed by atoms with E-state index >= 15 is 0 Å². The summed E-state index contributed by atoms with van der Waals surface area (Å²) in [5.41, 5.74) is 3.72. The molecule has 5 nitrogen and oxygen atoms in total. The van der Waals surface area contributed by atoms with E-state index in [1.165, 1.54) is 10.4 Å². The zero-order valence-electron chi connectivity index (χ0n) is 12.2. The largest absolute Gasteiger partial charge is 0.417 e. The summed E-state index contributed by atoms with van der Waals surface area (Å²) in [4.78, 5) is -0.298. The van der Waals surface area contributed by atoms with Crippen molar-refractivity contribution in [3.8, 4) is 6.07 Å². The molecule has 2 N–H and O–H groups in total. The van der Waals surface area contributed by atoms with Crippen molar-refractivity contribution in [2.75, 3.05) is 19.6 Å². The monoisotopic (exact) mass is 347 g/mol. The number of nitrogens with two attached hydrogens (primary N) is 1. The highest BCUT2D eigenvalue weighted by Crippen LogP contribution is 2.33. The van der Waals surface area contributed by atoms with Crippen molar-refractivity contribution in [1.82, 2.24) is 4.31 Å². The first-order valence-corrected chi connectivity index (χ1v) is 8.45. The zero-order valence-corrected chi connectivity index (χ0v) is 13.0. The van der Waals surface area contributed by atoms with Gasteiger partial charge >= 0.3 is 6.18 Å². The van der Waals surface area contributed by atoms with Crippen LogP contribution in [-0.2, 0) is 16.2 Å². The Balaban J connectivity index is 2.33. The molecule has 0 bridgehead atoms. The lowest BCUT2D eigenvalue weighted by molar-refractivity contribution is -0.137. The summed E-state index contributed by atoms with van der Waals surface area (Å²) in [5, 5.41) is 8.88. The molecule has 1 saturated heterocycles. The molecule has 1 heterocycles. The van der Waals surface area contributed by atoms with Crippen molar-refractivity contribution in [3.05, 3.63) is 29.3 Å². The Bertz CT molecular complexity index is 718. The van der Waals surface area contributed by atoms with Crippen LogP contribution in [0, 0.1) is 17.2 Å². The van der Waals surface area contributed by atoms with E-state index in [1.807, 2.05) is 0 Å². The first-order chi connectivity index (χ1) is 10.7. The molecule has 0 radical (unpaired) electrons. The van der Waals surface area contributed by atoms with Gasteiger partial charge in [-0.05, 0) is 43.5 Å². The van der Waals surface area contributed by atoms with Crippen LogP contribution in [0.15, 0.2) is 23.1 Å². The molecule has 1 aromatic carbocycles. The molecule has 0 aliphatic carbocycles. The Morgan fingerprint density at radius 2 is 1.91 bits per heavy atom. The Labute approximate surface area is 132 Å². The van der Waals surface area contributed by atoms with Gasteiger partial charge in [-0.25, -0.2) is 8.42 Å². The van der Waals surface area contributed by atoms with E-state index in [-0.39, 0.29) is 23.9 Å². The number of alkyl halides is 3. The minimum absolute atomic E-state index is 0.253. The second-order valence-electron chi connectivity index (χ2n) is 5.40. The van der Waals surface area contributed by atoms with E-state index in [0.29, 0.717) is 25.5 Å². The smallest absolute Gasteiger partial charge is 0.330 e. The first kappa shape index (κ1) is 17.7. The summed E-state index contributed by atoms with van der Waals surface area (Å²) in [6.45, 7) is 1.02. The summed E-state index contributed by atoms with van der Waals surface area (Å²) >= 11 is 0. The van der Waals surface area contributed by atoms with Crippen LogP contribution in [0.25, 0.3) is 0 Å². The van der Waals surface area contributed by atoms with E-state index < -0.39 is 27.3 Å². The second kappa shape index (κ2) is 6.47. The zero-order chi connectivity index (χ0) is 17.3. The third kappa shape index (κ3) is 3.65. The fraction of sp³-hybridized carbons (Fsp3) is 0.500. The van der Waals surface area contributed by atoms with Gasteiger partial charge in [0.25, 0.3) is 0 Å². The Hall–Kier alpha value is -1.63. The number of rotatable bonds is 3. The molecule has 0 saturated carbocycles. The molecule has 0 unspecified atom stereocenters. The Morgan fingerprint density at radius 3 is 2.39 bits per heavy atom. The van der Waals surface area contributed by atoms with Crippen LogP contribution < -0.4 is 5.73 Å². The molecule has 1 aliphatic rings. The highest BCUT2D eigenvalue weighted by atomic mass is 32.2. The van der Waals surface area contributed by atoms with Gasteiger partial charge in [-0.2, -0.15) is 22.7 Å². The first-order valence-electron chi connectivity index (χ1n) is 7.01. The molecular formula is C14H16F3N3O2S. The van der Waals surface area contributed by atoms with Gasteiger partial charge in [0, 0.05) is 13.1 Å². The summed E-state index contributed by atoms with van der Waals surface area (Å²) in [5.74, 6) is 0.253. The van der Waals surface area contributed by atoms with Gasteiger partial charge in [-0.15, -0.1) is 0 Å². The molecule has 1 aliphatic heterocycles. The van der Waals surface area contributed by atoms with Crippen molar-refractivity contribution in [1.29, 1.82) is 5.26 Å². The van der Waals surface area contributed by atoms with E-state index in [0.717, 1.165) is 12.1 Å². The summed E-state index contributed by atoms with van der Waals surface area (Å²) in [6.07, 6.45) is -3.48. The van der Waals surface area contributed by atoms with E-state index in [1.54, 1.807) is 0 Å². The lowest BCUT2D eigenvalue weighted by atomic mass is 9.99. The van der Waals surface area contributed by atoms with Gasteiger partial charge < -0.3 is 5.73 Å². The third-order valence-electron chi connectivity index (χ3n) is 3.96. The topological polar surface area (TPSA) is 87.2 Å². The number of nitriles is 1. The van der Waals surface area contributed by atoms with E-state index in [2.05, 4.69) is 0 Å². The number of hydrogen-bond donors (Lipinski definition) is 1. The third-order valence-corrected chi connectivity index (χ3v) is 5.86. The number of nitrogens with zero attached hydrogens (tertiary/aromatic N) is 2. The maximum absolute atomic E-state index is 12.8. The molecular weight excluding hydrogens is 331 g/mol. The Morgan fingerprint density at radius 1 is 1.30 bits per heavy atom. The minimum Gasteiger partial charge on any atom is -0.330 e. The SMILES string of the molecule is N#Cc1cc(S(=O)(=O)N2CCC(CN)CC2)ccc1C(F)(F)F. The number of hydrogen-bond acceptors (Lipinski definition) is 4. The predicted octanol–water partition coefficient (Wildman–Crippen LogP) is 1.94. The Kier molecular flexibility index (Phi) is 4.98. The van der Waals surface area contributed by atoms with Crippen LogP contribution in [-0.4, -0.2) is 32.4 Å². The van der Waals surface area contributed by atoms with Crippen LogP contribution in [0.3, 0.4) is 0 Å². The average molecular weight is 347 g/mol. The van der Waals surface area contributed by atoms with Gasteiger partial charge in [0.05, 0.1) is 22.1 Å². The number of piperidine rings is 1. The highest BCUT2D eigenvalue weighted by Gasteiger charge is 2.35. The maximum Gasteiger partial charge on any atom is 0.417 e. The van der Waals surface area contributed by atoms with E-state index in [9.17, 15) is 21.6 Å². The van der Waals surface area contributed by atoms with Gasteiger partial charge in [-0.3, -0.25) is 0 Å². The fourth-order valence-electron chi connectivity index (χ4n) is 2.56. The van der Waals surface area contributed by atoms with Crippen LogP contribution in [0.5, 0.6) is 0 Å². The normalized spacial score (nSPS) is 17.9. The standard InChI is InChI=1S/C14H16F3N3O2S/c15-14(16,17)13-2-1-12(7-11(13)9-19)23(21,22)20-5-3-10(8-18)4-6-20/h1-2,7,10H,3-6,8,18H2. The van der Waals surface area contributed by atoms with Crippen molar-refractivity contribution >= 4 is 10.0 Å². The quantitative estimate of drug-likeness (QED) is 0.905. The van der Waals surface area contributed by atoms with E-state index in [4.69, 9.17) is 11.0 Å². The molecule has 0 amide bonds. The molecule has 1 aromatic rings. The van der Waals surface area contributed by atoms with Crippen LogP contribution in [0.2, 0.25) is 0 Å². The van der Waals surface area contributed by atoms with Crippen molar-refractivity contribution in [2.24, 2.45) is 11.7 Å². The van der Waals surface area contributed by atoms with Crippen LogP contribution in [0.4, 0.5) is 13.2 Å². The predicted molar refractivity (Wildman–Crippen MR) is 76.7 cm³/mol.